The van der Waals surface area contributed by atoms with Crippen LogP contribution in [-0.4, -0.2) is 14.5 Å². The second-order valence-corrected chi connectivity index (χ2v) is 4.10. The second kappa shape index (κ2) is 5.23. The van der Waals surface area contributed by atoms with Crippen LogP contribution in [0.5, 0.6) is 0 Å². The summed E-state index contributed by atoms with van der Waals surface area (Å²) in [6, 6.07) is 0. The normalized spacial score (nSPS) is 16.3. The molecule has 60 valence electrons. The van der Waals surface area contributed by atoms with Gasteiger partial charge < -0.3 is 4.74 Å². The molecule has 1 aliphatic rings. The molecule has 0 atom stereocenters. The Morgan fingerprint density at radius 1 is 1.73 bits per heavy atom. The van der Waals surface area contributed by atoms with E-state index in [0.717, 1.165) is 3.90 Å². The fourth-order valence-corrected chi connectivity index (χ4v) is 1.92. The van der Waals surface area contributed by atoms with E-state index in [-0.39, 0.29) is 20.7 Å². The molecule has 0 N–H and O–H groups in total. The lowest BCUT2D eigenvalue weighted by Crippen LogP contribution is -1.97. The second-order valence-electron chi connectivity index (χ2n) is 1.84. The minimum atomic E-state index is -0.0869. The first-order valence-corrected chi connectivity index (χ1v) is 5.69. The number of hydrogen-bond donors (Lipinski definition) is 0. The van der Waals surface area contributed by atoms with Crippen LogP contribution in [0.15, 0.2) is 29.4 Å². The van der Waals surface area contributed by atoms with Gasteiger partial charge in [-0.1, -0.05) is 12.2 Å². The minimum Gasteiger partial charge on any atom is -0.469 e. The molecule has 0 spiro atoms. The number of aliphatic imine (C=N–C) groups is 1. The maximum Gasteiger partial charge on any atom is 0.246 e. The van der Waals surface area contributed by atoms with Crippen molar-refractivity contribution in [2.45, 2.75) is 6.92 Å². The Morgan fingerprint density at radius 3 is 3.27 bits per heavy atom. The molecule has 0 bridgehead atoms. The molecular formula is C8H10INO. The van der Waals surface area contributed by atoms with E-state index >= 15 is 0 Å². The Balaban J connectivity index is 2.32. The fourth-order valence-electron chi connectivity index (χ4n) is 0.534. The number of rotatable bonds is 2. The largest absolute Gasteiger partial charge is 0.469 e. The van der Waals surface area contributed by atoms with Gasteiger partial charge in [0.25, 0.3) is 0 Å². The molecule has 0 saturated carbocycles. The summed E-state index contributed by atoms with van der Waals surface area (Å²) in [6.07, 6.45) is 7.69. The van der Waals surface area contributed by atoms with E-state index in [4.69, 9.17) is 4.74 Å². The van der Waals surface area contributed by atoms with Crippen LogP contribution in [0.1, 0.15) is 6.92 Å². The highest BCUT2D eigenvalue weighted by molar-refractivity contribution is 14.2. The number of halogens is 1. The molecule has 0 aliphatic carbocycles. The van der Waals surface area contributed by atoms with Gasteiger partial charge in [-0.15, -0.1) is 0 Å². The van der Waals surface area contributed by atoms with Crippen molar-refractivity contribution < 1.29 is 4.74 Å². The summed E-state index contributed by atoms with van der Waals surface area (Å²) in [7, 11) is 0. The average molecular weight is 263 g/mol. The monoisotopic (exact) mass is 263 g/mol. The molecule has 0 radical (unpaired) electrons. The van der Waals surface area contributed by atoms with Gasteiger partial charge >= 0.3 is 0 Å². The molecule has 0 unspecified atom stereocenters. The summed E-state index contributed by atoms with van der Waals surface area (Å²) < 4.78 is 8.40. The van der Waals surface area contributed by atoms with Crippen LogP contribution in [0.2, 0.25) is 0 Å². The van der Waals surface area contributed by atoms with Gasteiger partial charge in [0.05, 0.1) is 0 Å². The van der Waals surface area contributed by atoms with Gasteiger partial charge in [-0.3, -0.25) is 0 Å². The van der Waals surface area contributed by atoms with E-state index in [1.807, 2.05) is 25.2 Å². The van der Waals surface area contributed by atoms with Crippen molar-refractivity contribution in [1.82, 2.24) is 0 Å². The number of hydrogen-bond acceptors (Lipinski definition) is 2. The molecule has 11 heavy (non-hydrogen) atoms. The topological polar surface area (TPSA) is 21.6 Å². The van der Waals surface area contributed by atoms with Gasteiger partial charge in [-0.2, -0.15) is 0 Å². The molecule has 2 nitrogen and oxygen atoms in total. The van der Waals surface area contributed by atoms with Crippen LogP contribution < -0.4 is 0 Å². The molecule has 1 heterocycles. The van der Waals surface area contributed by atoms with Crippen molar-refractivity contribution in [2.24, 2.45) is 4.99 Å². The predicted octanol–water partition coefficient (Wildman–Crippen LogP) is 2.24. The SMILES string of the molecule is C/C=C/COC1=NC=CC=I1. The first kappa shape index (κ1) is 8.64. The lowest BCUT2D eigenvalue weighted by atomic mass is 10.6. The molecular weight excluding hydrogens is 253 g/mol. The zero-order valence-corrected chi connectivity index (χ0v) is 8.48. The Kier molecular flexibility index (Phi) is 4.11. The maximum atomic E-state index is 5.35. The number of nitrogens with zero attached hydrogens (tertiary/aromatic N) is 1. The van der Waals surface area contributed by atoms with Crippen molar-refractivity contribution in [3.8, 4) is 0 Å². The first-order valence-electron chi connectivity index (χ1n) is 3.37. The van der Waals surface area contributed by atoms with E-state index in [1.54, 1.807) is 6.20 Å². The predicted molar refractivity (Wildman–Crippen MR) is 57.4 cm³/mol. The lowest BCUT2D eigenvalue weighted by Gasteiger charge is -2.01. The molecule has 0 aromatic heterocycles. The highest BCUT2D eigenvalue weighted by atomic mass is 127. The van der Waals surface area contributed by atoms with Crippen molar-refractivity contribution in [2.75, 3.05) is 6.61 Å². The van der Waals surface area contributed by atoms with E-state index < -0.39 is 0 Å². The Hall–Kier alpha value is -0.450. The lowest BCUT2D eigenvalue weighted by molar-refractivity contribution is 0.364. The van der Waals surface area contributed by atoms with Crippen molar-refractivity contribution in [3.05, 3.63) is 24.4 Å². The van der Waals surface area contributed by atoms with Crippen LogP contribution >= 0.6 is 20.7 Å². The van der Waals surface area contributed by atoms with Gasteiger partial charge in [0.15, 0.2) is 0 Å². The summed E-state index contributed by atoms with van der Waals surface area (Å²) in [4.78, 5) is 4.10. The summed E-state index contributed by atoms with van der Waals surface area (Å²) in [5.41, 5.74) is 0. The van der Waals surface area contributed by atoms with E-state index in [9.17, 15) is 0 Å². The van der Waals surface area contributed by atoms with Gasteiger partial charge in [0.2, 0.25) is 3.90 Å². The van der Waals surface area contributed by atoms with Crippen LogP contribution in [0.3, 0.4) is 0 Å². The molecule has 1 rings (SSSR count). The fraction of sp³-hybridized carbons (Fsp3) is 0.250. The minimum absolute atomic E-state index is 0.0869. The van der Waals surface area contributed by atoms with Crippen LogP contribution in [0.25, 0.3) is 0 Å². The van der Waals surface area contributed by atoms with E-state index in [2.05, 4.69) is 9.00 Å². The van der Waals surface area contributed by atoms with Crippen molar-refractivity contribution in [3.63, 3.8) is 0 Å². The smallest absolute Gasteiger partial charge is 0.246 e. The van der Waals surface area contributed by atoms with Crippen LogP contribution in [-0.2, 0) is 4.74 Å². The molecule has 3 heteroatoms. The van der Waals surface area contributed by atoms with Crippen LogP contribution in [0.4, 0.5) is 0 Å². The third-order valence-corrected chi connectivity index (χ3v) is 2.92. The zero-order valence-electron chi connectivity index (χ0n) is 6.33. The Morgan fingerprint density at radius 2 is 2.64 bits per heavy atom. The third kappa shape index (κ3) is 3.46. The molecule has 0 saturated heterocycles. The highest BCUT2D eigenvalue weighted by Gasteiger charge is 1.93. The quantitative estimate of drug-likeness (QED) is 0.553. The van der Waals surface area contributed by atoms with E-state index in [0.29, 0.717) is 6.61 Å². The first-order chi connectivity index (χ1) is 5.43. The van der Waals surface area contributed by atoms with Crippen molar-refractivity contribution >= 4 is 28.6 Å². The summed E-state index contributed by atoms with van der Waals surface area (Å²) in [6.45, 7) is 2.63. The molecule has 0 fully saturated rings. The maximum absolute atomic E-state index is 5.35. The standard InChI is InChI=1S/C8H10INO/c1-2-3-7-11-8-9-5-4-6-10-8/h2-6H,7H2,1H3/b3-2+. The van der Waals surface area contributed by atoms with Gasteiger partial charge in [-0.25, -0.2) is 4.99 Å². The van der Waals surface area contributed by atoms with Gasteiger partial charge in [-0.05, 0) is 37.7 Å². The molecule has 0 aromatic rings. The Bertz CT molecular complexity index is 228. The van der Waals surface area contributed by atoms with Crippen LogP contribution in [0, 0.1) is 0 Å². The van der Waals surface area contributed by atoms with Gasteiger partial charge in [0.1, 0.15) is 6.61 Å². The van der Waals surface area contributed by atoms with Gasteiger partial charge in [0, 0.05) is 6.20 Å². The molecule has 0 amide bonds. The number of ether oxygens (including phenoxy) is 1. The molecule has 0 aromatic carbocycles. The summed E-state index contributed by atoms with van der Waals surface area (Å²) >= 11 is -0.0869. The number of allylic oxidation sites excluding steroid dienone is 2. The zero-order chi connectivity index (χ0) is 7.94. The molecule has 1 aliphatic heterocycles. The van der Waals surface area contributed by atoms with Crippen molar-refractivity contribution in [1.29, 1.82) is 0 Å². The summed E-state index contributed by atoms with van der Waals surface area (Å²) in [5, 5.41) is 0. The average Bonchev–Trinajstić information content (AvgIpc) is 2.07. The third-order valence-electron chi connectivity index (χ3n) is 1.03. The highest BCUT2D eigenvalue weighted by Crippen LogP contribution is 2.06. The Labute approximate surface area is 76.4 Å². The van der Waals surface area contributed by atoms with E-state index in [1.165, 1.54) is 0 Å². The summed E-state index contributed by atoms with van der Waals surface area (Å²) in [5.74, 6) is 0.